The van der Waals surface area contributed by atoms with Crippen LogP contribution in [0.25, 0.3) is 0 Å². The Labute approximate surface area is 93.6 Å². The second-order valence-electron chi connectivity index (χ2n) is 5.09. The van der Waals surface area contributed by atoms with Crippen molar-refractivity contribution in [2.45, 2.75) is 44.7 Å². The van der Waals surface area contributed by atoms with Gasteiger partial charge in [0.25, 0.3) is 0 Å². The molecule has 2 atom stereocenters. The molecule has 3 heteroatoms. The van der Waals surface area contributed by atoms with Crippen molar-refractivity contribution in [3.63, 3.8) is 0 Å². The fourth-order valence-corrected chi connectivity index (χ4v) is 2.99. The molecular weight excluding hydrogens is 186 g/mol. The Morgan fingerprint density at radius 3 is 2.67 bits per heavy atom. The molecule has 2 N–H and O–H groups in total. The maximum Gasteiger partial charge on any atom is 0.0224 e. The molecule has 3 nitrogen and oxygen atoms in total. The highest BCUT2D eigenvalue weighted by atomic mass is 15.2. The standard InChI is InChI=1S/C12H25N3/c1-2-14-7-4-6-12(10-14)15-8-3-5-11(13)9-15/h11-12H,2-10,13H2,1H3. The zero-order valence-electron chi connectivity index (χ0n) is 9.99. The maximum absolute atomic E-state index is 6.04. The van der Waals surface area contributed by atoms with E-state index in [0.717, 1.165) is 12.6 Å². The van der Waals surface area contributed by atoms with Crippen molar-refractivity contribution in [2.75, 3.05) is 32.7 Å². The van der Waals surface area contributed by atoms with E-state index in [4.69, 9.17) is 5.73 Å². The van der Waals surface area contributed by atoms with Gasteiger partial charge in [-0.05, 0) is 45.3 Å². The van der Waals surface area contributed by atoms with Crippen LogP contribution in [0.4, 0.5) is 0 Å². The molecule has 2 aliphatic rings. The molecule has 0 radical (unpaired) electrons. The topological polar surface area (TPSA) is 32.5 Å². The van der Waals surface area contributed by atoms with E-state index >= 15 is 0 Å². The van der Waals surface area contributed by atoms with Gasteiger partial charge >= 0.3 is 0 Å². The summed E-state index contributed by atoms with van der Waals surface area (Å²) < 4.78 is 0. The lowest BCUT2D eigenvalue weighted by Crippen LogP contribution is -2.53. The number of hydrogen-bond acceptors (Lipinski definition) is 3. The van der Waals surface area contributed by atoms with E-state index in [-0.39, 0.29) is 0 Å². The van der Waals surface area contributed by atoms with Gasteiger partial charge in [0, 0.05) is 25.2 Å². The Morgan fingerprint density at radius 2 is 1.93 bits per heavy atom. The quantitative estimate of drug-likeness (QED) is 0.736. The number of piperidine rings is 2. The van der Waals surface area contributed by atoms with Crippen LogP contribution in [0.2, 0.25) is 0 Å². The lowest BCUT2D eigenvalue weighted by molar-refractivity contribution is 0.0789. The van der Waals surface area contributed by atoms with Gasteiger partial charge in [0.05, 0.1) is 0 Å². The number of likely N-dealkylation sites (tertiary alicyclic amines) is 2. The van der Waals surface area contributed by atoms with Gasteiger partial charge < -0.3 is 10.6 Å². The van der Waals surface area contributed by atoms with Crippen LogP contribution in [0.15, 0.2) is 0 Å². The summed E-state index contributed by atoms with van der Waals surface area (Å²) >= 11 is 0. The van der Waals surface area contributed by atoms with Gasteiger partial charge in [0.1, 0.15) is 0 Å². The summed E-state index contributed by atoms with van der Waals surface area (Å²) in [6.07, 6.45) is 5.26. The molecule has 0 aromatic rings. The van der Waals surface area contributed by atoms with Gasteiger partial charge in [0.2, 0.25) is 0 Å². The van der Waals surface area contributed by atoms with Crippen LogP contribution in [0.5, 0.6) is 0 Å². The smallest absolute Gasteiger partial charge is 0.0224 e. The van der Waals surface area contributed by atoms with Crippen LogP contribution in [-0.4, -0.2) is 54.6 Å². The van der Waals surface area contributed by atoms with Crippen LogP contribution < -0.4 is 5.73 Å². The monoisotopic (exact) mass is 211 g/mol. The Balaban J connectivity index is 1.86. The largest absolute Gasteiger partial charge is 0.327 e. The van der Waals surface area contributed by atoms with E-state index < -0.39 is 0 Å². The molecule has 88 valence electrons. The summed E-state index contributed by atoms with van der Waals surface area (Å²) in [4.78, 5) is 5.21. The molecule has 2 heterocycles. The van der Waals surface area contributed by atoms with E-state index in [9.17, 15) is 0 Å². The molecular formula is C12H25N3. The minimum absolute atomic E-state index is 0.427. The van der Waals surface area contributed by atoms with Crippen LogP contribution >= 0.6 is 0 Å². The van der Waals surface area contributed by atoms with Crippen LogP contribution in [0.3, 0.4) is 0 Å². The SMILES string of the molecule is CCN1CCCC(N2CCCC(N)C2)C1. The molecule has 0 aromatic carbocycles. The third kappa shape index (κ3) is 2.92. The summed E-state index contributed by atoms with van der Waals surface area (Å²) in [6.45, 7) is 8.44. The van der Waals surface area contributed by atoms with Gasteiger partial charge in [-0.3, -0.25) is 4.90 Å². The van der Waals surface area contributed by atoms with Crippen molar-refractivity contribution in [2.24, 2.45) is 5.73 Å². The third-order valence-corrected chi connectivity index (χ3v) is 3.93. The van der Waals surface area contributed by atoms with E-state index in [1.165, 1.54) is 51.9 Å². The van der Waals surface area contributed by atoms with Crippen molar-refractivity contribution in [1.82, 2.24) is 9.80 Å². The number of likely N-dealkylation sites (N-methyl/N-ethyl adjacent to an activating group) is 1. The van der Waals surface area contributed by atoms with Crippen LogP contribution in [-0.2, 0) is 0 Å². The fourth-order valence-electron chi connectivity index (χ4n) is 2.99. The summed E-state index contributed by atoms with van der Waals surface area (Å²) in [6, 6.07) is 1.21. The van der Waals surface area contributed by atoms with Gasteiger partial charge in [-0.1, -0.05) is 6.92 Å². The molecule has 0 amide bonds. The van der Waals surface area contributed by atoms with Gasteiger partial charge in [-0.15, -0.1) is 0 Å². The van der Waals surface area contributed by atoms with Crippen LogP contribution in [0.1, 0.15) is 32.6 Å². The van der Waals surface area contributed by atoms with Crippen molar-refractivity contribution < 1.29 is 0 Å². The lowest BCUT2D eigenvalue weighted by atomic mass is 9.99. The first-order chi connectivity index (χ1) is 7.29. The summed E-state index contributed by atoms with van der Waals surface area (Å²) in [5.41, 5.74) is 6.04. The molecule has 0 bridgehead atoms. The Hall–Kier alpha value is -0.120. The van der Waals surface area contributed by atoms with E-state index in [2.05, 4.69) is 16.7 Å². The average Bonchev–Trinajstić information content (AvgIpc) is 2.29. The van der Waals surface area contributed by atoms with Crippen LogP contribution in [0, 0.1) is 0 Å². The number of rotatable bonds is 2. The molecule has 0 spiro atoms. The second kappa shape index (κ2) is 5.28. The Kier molecular flexibility index (Phi) is 4.00. The van der Waals surface area contributed by atoms with E-state index in [0.29, 0.717) is 6.04 Å². The Morgan fingerprint density at radius 1 is 1.13 bits per heavy atom. The minimum Gasteiger partial charge on any atom is -0.327 e. The zero-order chi connectivity index (χ0) is 10.7. The molecule has 2 fully saturated rings. The van der Waals surface area contributed by atoms with Crippen molar-refractivity contribution >= 4 is 0 Å². The van der Waals surface area contributed by atoms with E-state index in [1.807, 2.05) is 0 Å². The summed E-state index contributed by atoms with van der Waals surface area (Å²) in [7, 11) is 0. The van der Waals surface area contributed by atoms with Crippen molar-refractivity contribution in [3.8, 4) is 0 Å². The zero-order valence-corrected chi connectivity index (χ0v) is 9.99. The first-order valence-electron chi connectivity index (χ1n) is 6.51. The third-order valence-electron chi connectivity index (χ3n) is 3.93. The predicted octanol–water partition coefficient (Wildman–Crippen LogP) is 0.894. The van der Waals surface area contributed by atoms with Gasteiger partial charge in [0.15, 0.2) is 0 Å². The van der Waals surface area contributed by atoms with E-state index in [1.54, 1.807) is 0 Å². The summed E-state index contributed by atoms with van der Waals surface area (Å²) in [5.74, 6) is 0. The Bertz CT molecular complexity index is 195. The molecule has 0 aliphatic carbocycles. The summed E-state index contributed by atoms with van der Waals surface area (Å²) in [5, 5.41) is 0. The highest BCUT2D eigenvalue weighted by molar-refractivity contribution is 4.85. The molecule has 2 aliphatic heterocycles. The number of nitrogens with zero attached hydrogens (tertiary/aromatic N) is 2. The van der Waals surface area contributed by atoms with Crippen molar-refractivity contribution in [1.29, 1.82) is 0 Å². The molecule has 2 unspecified atom stereocenters. The average molecular weight is 211 g/mol. The molecule has 0 saturated carbocycles. The highest BCUT2D eigenvalue weighted by Gasteiger charge is 2.27. The molecule has 0 aromatic heterocycles. The first-order valence-corrected chi connectivity index (χ1v) is 6.51. The number of hydrogen-bond donors (Lipinski definition) is 1. The van der Waals surface area contributed by atoms with Gasteiger partial charge in [-0.2, -0.15) is 0 Å². The highest BCUT2D eigenvalue weighted by Crippen LogP contribution is 2.19. The first kappa shape index (κ1) is 11.4. The fraction of sp³-hybridized carbons (Fsp3) is 1.00. The lowest BCUT2D eigenvalue weighted by Gasteiger charge is -2.42. The number of nitrogens with two attached hydrogens (primary N) is 1. The maximum atomic E-state index is 6.04. The minimum atomic E-state index is 0.427. The predicted molar refractivity (Wildman–Crippen MR) is 63.9 cm³/mol. The molecule has 2 saturated heterocycles. The molecule has 15 heavy (non-hydrogen) atoms. The normalized spacial score (nSPS) is 35.6. The second-order valence-corrected chi connectivity index (χ2v) is 5.09. The van der Waals surface area contributed by atoms with Crippen molar-refractivity contribution in [3.05, 3.63) is 0 Å². The van der Waals surface area contributed by atoms with Gasteiger partial charge in [-0.25, -0.2) is 0 Å². The molecule has 2 rings (SSSR count).